The van der Waals surface area contributed by atoms with Gasteiger partial charge in [0.1, 0.15) is 0 Å². The van der Waals surface area contributed by atoms with Crippen molar-refractivity contribution in [1.82, 2.24) is 15.2 Å². The Bertz CT molecular complexity index is 312. The Labute approximate surface area is 108 Å². The van der Waals surface area contributed by atoms with Gasteiger partial charge in [-0.05, 0) is 12.8 Å². The second-order valence-corrected chi connectivity index (χ2v) is 5.82. The predicted molar refractivity (Wildman–Crippen MR) is 73.3 cm³/mol. The third-order valence-electron chi connectivity index (χ3n) is 3.56. The van der Waals surface area contributed by atoms with Crippen LogP contribution in [0.5, 0.6) is 0 Å². The summed E-state index contributed by atoms with van der Waals surface area (Å²) in [5.41, 5.74) is 1.93. The largest absolute Gasteiger partial charge is 0.311 e. The van der Waals surface area contributed by atoms with Crippen LogP contribution in [0.25, 0.3) is 0 Å². The summed E-state index contributed by atoms with van der Waals surface area (Å²) in [6.07, 6.45) is 5.79. The van der Waals surface area contributed by atoms with Crippen molar-refractivity contribution in [2.75, 3.05) is 13.1 Å². The molecule has 2 atom stereocenters. The summed E-state index contributed by atoms with van der Waals surface area (Å²) in [5.74, 6) is 0. The van der Waals surface area contributed by atoms with Crippen LogP contribution in [-0.4, -0.2) is 35.1 Å². The Morgan fingerprint density at radius 1 is 1.53 bits per heavy atom. The minimum atomic E-state index is 0.677. The molecule has 0 aliphatic carbocycles. The van der Waals surface area contributed by atoms with E-state index in [9.17, 15) is 0 Å². The quantitative estimate of drug-likeness (QED) is 0.874. The molecule has 0 saturated carbocycles. The Morgan fingerprint density at radius 3 is 3.06 bits per heavy atom. The molecule has 2 rings (SSSR count). The monoisotopic (exact) mass is 253 g/mol. The number of hydrogen-bond acceptors (Lipinski definition) is 4. The summed E-state index contributed by atoms with van der Waals surface area (Å²) in [4.78, 5) is 8.19. The topological polar surface area (TPSA) is 28.2 Å². The first-order valence-electron chi connectivity index (χ1n) is 6.68. The second kappa shape index (κ2) is 6.47. The molecule has 1 aliphatic heterocycles. The maximum atomic E-state index is 4.17. The standard InChI is InChI=1S/C13H23N3S/c1-3-5-11-8-16(12(4-2)6-15-11)9-13-7-14-10-17-13/h7,10-12,15H,3-6,8-9H2,1-2H3. The highest BCUT2D eigenvalue weighted by molar-refractivity contribution is 7.09. The number of nitrogens with one attached hydrogen (secondary N) is 1. The number of rotatable bonds is 5. The number of aromatic nitrogens is 1. The van der Waals surface area contributed by atoms with Gasteiger partial charge in [0.05, 0.1) is 5.51 Å². The van der Waals surface area contributed by atoms with E-state index in [4.69, 9.17) is 0 Å². The zero-order valence-corrected chi connectivity index (χ0v) is 11.7. The highest BCUT2D eigenvalue weighted by Gasteiger charge is 2.26. The van der Waals surface area contributed by atoms with Gasteiger partial charge in [-0.1, -0.05) is 20.3 Å². The molecule has 3 nitrogen and oxygen atoms in total. The Balaban J connectivity index is 1.94. The molecule has 0 radical (unpaired) electrons. The molecule has 0 amide bonds. The molecule has 96 valence electrons. The first-order valence-corrected chi connectivity index (χ1v) is 7.56. The van der Waals surface area contributed by atoms with Crippen LogP contribution in [0.3, 0.4) is 0 Å². The summed E-state index contributed by atoms with van der Waals surface area (Å²) >= 11 is 1.77. The molecule has 4 heteroatoms. The van der Waals surface area contributed by atoms with Crippen LogP contribution in [0.4, 0.5) is 0 Å². The molecule has 0 spiro atoms. The summed E-state index contributed by atoms with van der Waals surface area (Å²) in [5, 5.41) is 3.68. The highest BCUT2D eigenvalue weighted by Crippen LogP contribution is 2.18. The lowest BCUT2D eigenvalue weighted by Crippen LogP contribution is -2.55. The number of piperazine rings is 1. The molecule has 1 fully saturated rings. The first kappa shape index (κ1) is 13.0. The first-order chi connectivity index (χ1) is 8.33. The lowest BCUT2D eigenvalue weighted by molar-refractivity contribution is 0.116. The van der Waals surface area contributed by atoms with Gasteiger partial charge in [-0.3, -0.25) is 9.88 Å². The zero-order chi connectivity index (χ0) is 12.1. The Morgan fingerprint density at radius 2 is 2.41 bits per heavy atom. The molecule has 1 aliphatic rings. The number of hydrogen-bond donors (Lipinski definition) is 1. The van der Waals surface area contributed by atoms with Gasteiger partial charge >= 0.3 is 0 Å². The Kier molecular flexibility index (Phi) is 4.95. The van der Waals surface area contributed by atoms with Crippen molar-refractivity contribution in [1.29, 1.82) is 0 Å². The van der Waals surface area contributed by atoms with Crippen molar-refractivity contribution in [3.05, 3.63) is 16.6 Å². The summed E-state index contributed by atoms with van der Waals surface area (Å²) in [6.45, 7) is 7.95. The lowest BCUT2D eigenvalue weighted by Gasteiger charge is -2.40. The van der Waals surface area contributed by atoms with Gasteiger partial charge in [0, 0.05) is 42.8 Å². The summed E-state index contributed by atoms with van der Waals surface area (Å²) in [6, 6.07) is 1.36. The van der Waals surface area contributed by atoms with Crippen LogP contribution < -0.4 is 5.32 Å². The van der Waals surface area contributed by atoms with E-state index >= 15 is 0 Å². The minimum absolute atomic E-state index is 0.677. The van der Waals surface area contributed by atoms with Crippen LogP contribution in [0.1, 0.15) is 38.0 Å². The third-order valence-corrected chi connectivity index (χ3v) is 4.33. The van der Waals surface area contributed by atoms with Crippen molar-refractivity contribution in [2.45, 2.75) is 51.7 Å². The maximum Gasteiger partial charge on any atom is 0.0794 e. The van der Waals surface area contributed by atoms with Crippen LogP contribution in [-0.2, 0) is 6.54 Å². The van der Waals surface area contributed by atoms with Gasteiger partial charge in [0.25, 0.3) is 0 Å². The van der Waals surface area contributed by atoms with Crippen molar-refractivity contribution in [3.8, 4) is 0 Å². The molecule has 1 N–H and O–H groups in total. The normalized spacial score (nSPS) is 26.2. The van der Waals surface area contributed by atoms with Gasteiger partial charge in [-0.2, -0.15) is 0 Å². The van der Waals surface area contributed by atoms with E-state index in [-0.39, 0.29) is 0 Å². The lowest BCUT2D eigenvalue weighted by atomic mass is 10.0. The SMILES string of the molecule is CCCC1CN(Cc2cncs2)C(CC)CN1. The fraction of sp³-hybridized carbons (Fsp3) is 0.769. The van der Waals surface area contributed by atoms with E-state index in [0.29, 0.717) is 12.1 Å². The van der Waals surface area contributed by atoms with Gasteiger partial charge in [0.15, 0.2) is 0 Å². The van der Waals surface area contributed by atoms with E-state index < -0.39 is 0 Å². The molecule has 17 heavy (non-hydrogen) atoms. The van der Waals surface area contributed by atoms with E-state index in [1.807, 2.05) is 11.7 Å². The van der Waals surface area contributed by atoms with Gasteiger partial charge in [-0.25, -0.2) is 0 Å². The smallest absolute Gasteiger partial charge is 0.0794 e. The van der Waals surface area contributed by atoms with Crippen molar-refractivity contribution in [2.24, 2.45) is 0 Å². The van der Waals surface area contributed by atoms with Gasteiger partial charge in [-0.15, -0.1) is 11.3 Å². The van der Waals surface area contributed by atoms with E-state index in [2.05, 4.69) is 29.0 Å². The molecule has 1 saturated heterocycles. The average Bonchev–Trinajstić information content (AvgIpc) is 2.83. The number of thiazole rings is 1. The predicted octanol–water partition coefficient (Wildman–Crippen LogP) is 2.50. The van der Waals surface area contributed by atoms with E-state index in [1.54, 1.807) is 11.3 Å². The average molecular weight is 253 g/mol. The second-order valence-electron chi connectivity index (χ2n) is 4.85. The zero-order valence-electron chi connectivity index (χ0n) is 10.9. The molecular formula is C13H23N3S. The van der Waals surface area contributed by atoms with Crippen LogP contribution in [0.15, 0.2) is 11.7 Å². The van der Waals surface area contributed by atoms with Gasteiger partial charge in [0.2, 0.25) is 0 Å². The highest BCUT2D eigenvalue weighted by atomic mass is 32.1. The molecule has 0 aromatic carbocycles. The van der Waals surface area contributed by atoms with E-state index in [1.165, 1.54) is 30.7 Å². The fourth-order valence-electron chi connectivity index (χ4n) is 2.59. The van der Waals surface area contributed by atoms with Crippen LogP contribution in [0.2, 0.25) is 0 Å². The van der Waals surface area contributed by atoms with Crippen LogP contribution in [0, 0.1) is 0 Å². The molecule has 2 heterocycles. The summed E-state index contributed by atoms with van der Waals surface area (Å²) < 4.78 is 0. The third kappa shape index (κ3) is 3.50. The van der Waals surface area contributed by atoms with Gasteiger partial charge < -0.3 is 5.32 Å². The molecule has 2 unspecified atom stereocenters. The summed E-state index contributed by atoms with van der Waals surface area (Å²) in [7, 11) is 0. The molecule has 0 bridgehead atoms. The van der Waals surface area contributed by atoms with Crippen molar-refractivity contribution < 1.29 is 0 Å². The van der Waals surface area contributed by atoms with Crippen LogP contribution >= 0.6 is 11.3 Å². The van der Waals surface area contributed by atoms with Crippen molar-refractivity contribution in [3.63, 3.8) is 0 Å². The number of nitrogens with zero attached hydrogens (tertiary/aromatic N) is 2. The van der Waals surface area contributed by atoms with Crippen molar-refractivity contribution >= 4 is 11.3 Å². The molecule has 1 aromatic rings. The fourth-order valence-corrected chi connectivity index (χ4v) is 3.21. The van der Waals surface area contributed by atoms with E-state index in [0.717, 1.165) is 13.1 Å². The minimum Gasteiger partial charge on any atom is -0.311 e. The molecule has 1 aromatic heterocycles. The molecular weight excluding hydrogens is 230 g/mol. The Hall–Kier alpha value is -0.450. The maximum absolute atomic E-state index is 4.17.